The van der Waals surface area contributed by atoms with Gasteiger partial charge >= 0.3 is 0 Å². The van der Waals surface area contributed by atoms with Gasteiger partial charge in [-0.3, -0.25) is 4.90 Å². The summed E-state index contributed by atoms with van der Waals surface area (Å²) < 4.78 is 6.68. The molecule has 4 heteroatoms. The van der Waals surface area contributed by atoms with E-state index in [4.69, 9.17) is 10.5 Å². The van der Waals surface area contributed by atoms with Crippen molar-refractivity contribution in [3.8, 4) is 5.75 Å². The van der Waals surface area contributed by atoms with Crippen molar-refractivity contribution in [2.45, 2.75) is 19.3 Å². The van der Waals surface area contributed by atoms with E-state index in [1.165, 1.54) is 32.4 Å². The molecular formula is C13H19BrN2O. The van der Waals surface area contributed by atoms with Crippen LogP contribution in [0.1, 0.15) is 19.3 Å². The predicted octanol–water partition coefficient (Wildman–Crippen LogP) is 2.90. The van der Waals surface area contributed by atoms with Crippen LogP contribution in [0.2, 0.25) is 0 Å². The fourth-order valence-electron chi connectivity index (χ4n) is 2.10. The average Bonchev–Trinajstić information content (AvgIpc) is 2.33. The second kappa shape index (κ2) is 6.26. The van der Waals surface area contributed by atoms with E-state index in [9.17, 15) is 0 Å². The molecule has 0 atom stereocenters. The summed E-state index contributed by atoms with van der Waals surface area (Å²) in [6, 6.07) is 5.65. The van der Waals surface area contributed by atoms with E-state index in [1.54, 1.807) is 0 Å². The monoisotopic (exact) mass is 298 g/mol. The standard InChI is InChI=1S/C13H19BrN2O/c14-12-10-11(15)4-5-13(12)17-9-8-16-6-2-1-3-7-16/h4-5,10H,1-3,6-9,15H2. The third-order valence-corrected chi connectivity index (χ3v) is 3.69. The highest BCUT2D eigenvalue weighted by Crippen LogP contribution is 2.26. The summed E-state index contributed by atoms with van der Waals surface area (Å²) in [5.41, 5.74) is 6.43. The SMILES string of the molecule is Nc1ccc(OCCN2CCCCC2)c(Br)c1. The van der Waals surface area contributed by atoms with Crippen LogP contribution in [0.3, 0.4) is 0 Å². The first-order valence-electron chi connectivity index (χ1n) is 6.16. The van der Waals surface area contributed by atoms with Crippen LogP contribution < -0.4 is 10.5 Å². The lowest BCUT2D eigenvalue weighted by atomic mass is 10.1. The fraction of sp³-hybridized carbons (Fsp3) is 0.538. The summed E-state index contributed by atoms with van der Waals surface area (Å²) in [6.45, 7) is 4.18. The molecule has 1 fully saturated rings. The normalized spacial score (nSPS) is 17.0. The highest BCUT2D eigenvalue weighted by atomic mass is 79.9. The van der Waals surface area contributed by atoms with Gasteiger partial charge < -0.3 is 10.5 Å². The summed E-state index contributed by atoms with van der Waals surface area (Å²) in [5, 5.41) is 0. The number of nitrogens with two attached hydrogens (primary N) is 1. The van der Waals surface area contributed by atoms with Crippen LogP contribution in [0.5, 0.6) is 5.75 Å². The van der Waals surface area contributed by atoms with Crippen molar-refractivity contribution >= 4 is 21.6 Å². The minimum Gasteiger partial charge on any atom is -0.491 e. The molecule has 1 aromatic rings. The molecule has 0 amide bonds. The Kier molecular flexibility index (Phi) is 4.68. The number of anilines is 1. The van der Waals surface area contributed by atoms with Gasteiger partial charge in [-0.15, -0.1) is 0 Å². The Hall–Kier alpha value is -0.740. The van der Waals surface area contributed by atoms with E-state index >= 15 is 0 Å². The Morgan fingerprint density at radius 3 is 2.71 bits per heavy atom. The Morgan fingerprint density at radius 2 is 2.00 bits per heavy atom. The quantitative estimate of drug-likeness (QED) is 0.869. The summed E-state index contributed by atoms with van der Waals surface area (Å²) in [5.74, 6) is 0.871. The van der Waals surface area contributed by atoms with E-state index in [1.807, 2.05) is 18.2 Å². The highest BCUT2D eigenvalue weighted by molar-refractivity contribution is 9.10. The van der Waals surface area contributed by atoms with Crippen molar-refractivity contribution in [3.05, 3.63) is 22.7 Å². The second-order valence-corrected chi connectivity index (χ2v) is 5.29. The van der Waals surface area contributed by atoms with E-state index in [2.05, 4.69) is 20.8 Å². The van der Waals surface area contributed by atoms with E-state index in [0.29, 0.717) is 0 Å². The molecular weight excluding hydrogens is 280 g/mol. The van der Waals surface area contributed by atoms with Gasteiger partial charge in [0.15, 0.2) is 0 Å². The molecule has 94 valence electrons. The molecule has 0 radical (unpaired) electrons. The smallest absolute Gasteiger partial charge is 0.133 e. The van der Waals surface area contributed by atoms with Crippen molar-refractivity contribution in [2.24, 2.45) is 0 Å². The van der Waals surface area contributed by atoms with Gasteiger partial charge in [0.1, 0.15) is 12.4 Å². The molecule has 2 N–H and O–H groups in total. The van der Waals surface area contributed by atoms with Gasteiger partial charge in [-0.1, -0.05) is 6.42 Å². The van der Waals surface area contributed by atoms with Gasteiger partial charge in [0.2, 0.25) is 0 Å². The maximum Gasteiger partial charge on any atom is 0.133 e. The first kappa shape index (κ1) is 12.7. The molecule has 2 rings (SSSR count). The maximum absolute atomic E-state index is 5.75. The Balaban J connectivity index is 1.77. The molecule has 1 aliphatic rings. The molecule has 0 spiro atoms. The van der Waals surface area contributed by atoms with Gasteiger partial charge in [-0.25, -0.2) is 0 Å². The Bertz CT molecular complexity index is 364. The maximum atomic E-state index is 5.75. The number of hydrogen-bond donors (Lipinski definition) is 1. The minimum atomic E-state index is 0.739. The zero-order chi connectivity index (χ0) is 12.1. The Morgan fingerprint density at radius 1 is 1.24 bits per heavy atom. The zero-order valence-electron chi connectivity index (χ0n) is 9.99. The lowest BCUT2D eigenvalue weighted by Crippen LogP contribution is -2.33. The third kappa shape index (κ3) is 3.89. The molecule has 1 aromatic carbocycles. The van der Waals surface area contributed by atoms with Gasteiger partial charge in [0, 0.05) is 12.2 Å². The number of nitrogens with zero attached hydrogens (tertiary/aromatic N) is 1. The molecule has 1 aliphatic heterocycles. The lowest BCUT2D eigenvalue weighted by molar-refractivity contribution is 0.183. The van der Waals surface area contributed by atoms with Crippen molar-refractivity contribution in [1.82, 2.24) is 4.90 Å². The van der Waals surface area contributed by atoms with Gasteiger partial charge in [-0.2, -0.15) is 0 Å². The van der Waals surface area contributed by atoms with Crippen LogP contribution in [-0.4, -0.2) is 31.1 Å². The molecule has 0 aliphatic carbocycles. The first-order valence-corrected chi connectivity index (χ1v) is 6.95. The number of ether oxygens (including phenoxy) is 1. The molecule has 0 unspecified atom stereocenters. The van der Waals surface area contributed by atoms with Crippen molar-refractivity contribution in [2.75, 3.05) is 32.0 Å². The molecule has 1 saturated heterocycles. The van der Waals surface area contributed by atoms with E-state index in [0.717, 1.165) is 29.1 Å². The molecule has 0 bridgehead atoms. The Labute approximate surface area is 111 Å². The first-order chi connectivity index (χ1) is 8.25. The third-order valence-electron chi connectivity index (χ3n) is 3.07. The molecule has 17 heavy (non-hydrogen) atoms. The summed E-state index contributed by atoms with van der Waals surface area (Å²) in [7, 11) is 0. The highest BCUT2D eigenvalue weighted by Gasteiger charge is 2.09. The number of benzene rings is 1. The summed E-state index contributed by atoms with van der Waals surface area (Å²) in [6.07, 6.45) is 4.03. The zero-order valence-corrected chi connectivity index (χ0v) is 11.6. The average molecular weight is 299 g/mol. The van der Waals surface area contributed by atoms with E-state index in [-0.39, 0.29) is 0 Å². The number of nitrogen functional groups attached to an aromatic ring is 1. The second-order valence-electron chi connectivity index (χ2n) is 4.44. The van der Waals surface area contributed by atoms with E-state index < -0.39 is 0 Å². The van der Waals surface area contributed by atoms with Gasteiger partial charge in [-0.05, 0) is 60.1 Å². The molecule has 0 saturated carbocycles. The van der Waals surface area contributed by atoms with Crippen LogP contribution in [0.4, 0.5) is 5.69 Å². The van der Waals surface area contributed by atoms with Crippen LogP contribution >= 0.6 is 15.9 Å². The lowest BCUT2D eigenvalue weighted by Gasteiger charge is -2.26. The van der Waals surface area contributed by atoms with Crippen LogP contribution in [-0.2, 0) is 0 Å². The number of piperidine rings is 1. The fourth-order valence-corrected chi connectivity index (χ4v) is 2.61. The molecule has 1 heterocycles. The van der Waals surface area contributed by atoms with Crippen LogP contribution in [0.15, 0.2) is 22.7 Å². The van der Waals surface area contributed by atoms with Crippen LogP contribution in [0.25, 0.3) is 0 Å². The molecule has 0 aromatic heterocycles. The number of rotatable bonds is 4. The molecule has 3 nitrogen and oxygen atoms in total. The van der Waals surface area contributed by atoms with Crippen LogP contribution in [0, 0.1) is 0 Å². The number of hydrogen-bond acceptors (Lipinski definition) is 3. The predicted molar refractivity (Wildman–Crippen MR) is 74.3 cm³/mol. The van der Waals surface area contributed by atoms with Crippen molar-refractivity contribution in [3.63, 3.8) is 0 Å². The van der Waals surface area contributed by atoms with Gasteiger partial charge in [0.05, 0.1) is 4.47 Å². The van der Waals surface area contributed by atoms with Crippen molar-refractivity contribution in [1.29, 1.82) is 0 Å². The summed E-state index contributed by atoms with van der Waals surface area (Å²) in [4.78, 5) is 2.47. The van der Waals surface area contributed by atoms with Gasteiger partial charge in [0.25, 0.3) is 0 Å². The largest absolute Gasteiger partial charge is 0.491 e. The minimum absolute atomic E-state index is 0.739. The summed E-state index contributed by atoms with van der Waals surface area (Å²) >= 11 is 3.45. The topological polar surface area (TPSA) is 38.5 Å². The number of likely N-dealkylation sites (tertiary alicyclic amines) is 1. The van der Waals surface area contributed by atoms with Crippen molar-refractivity contribution < 1.29 is 4.74 Å². The number of halogens is 1.